The van der Waals surface area contributed by atoms with Gasteiger partial charge in [-0.3, -0.25) is 4.79 Å². The zero-order chi connectivity index (χ0) is 17.6. The van der Waals surface area contributed by atoms with Gasteiger partial charge in [-0.2, -0.15) is 0 Å². The number of hydrogen-bond acceptors (Lipinski definition) is 5. The van der Waals surface area contributed by atoms with Crippen LogP contribution in [-0.2, 0) is 4.74 Å². The first-order valence-corrected chi connectivity index (χ1v) is 8.44. The van der Waals surface area contributed by atoms with Crippen LogP contribution >= 0.6 is 0 Å². The number of fused-ring (bicyclic) bond motifs is 1. The molecule has 0 bridgehead atoms. The largest absolute Gasteiger partial charge is 0.503 e. The van der Waals surface area contributed by atoms with Gasteiger partial charge in [0.2, 0.25) is 0 Å². The van der Waals surface area contributed by atoms with Crippen molar-refractivity contribution in [2.24, 2.45) is 17.3 Å². The minimum absolute atomic E-state index is 0.00216. The lowest BCUT2D eigenvalue weighted by atomic mass is 9.81. The second-order valence-electron chi connectivity index (χ2n) is 7.72. The monoisotopic (exact) mass is 334 g/mol. The van der Waals surface area contributed by atoms with Crippen LogP contribution in [0.15, 0.2) is 12.3 Å². The van der Waals surface area contributed by atoms with Crippen LogP contribution in [0.3, 0.4) is 0 Å². The molecule has 1 amide bonds. The van der Waals surface area contributed by atoms with Crippen molar-refractivity contribution in [2.75, 3.05) is 7.11 Å². The summed E-state index contributed by atoms with van der Waals surface area (Å²) in [5, 5.41) is 13.2. The highest BCUT2D eigenvalue weighted by Crippen LogP contribution is 2.50. The molecule has 0 aromatic carbocycles. The lowest BCUT2D eigenvalue weighted by Crippen LogP contribution is -2.44. The van der Waals surface area contributed by atoms with E-state index >= 15 is 0 Å². The molecule has 4 unspecified atom stereocenters. The van der Waals surface area contributed by atoms with Crippen LogP contribution < -0.4 is 10.1 Å². The van der Waals surface area contributed by atoms with Crippen molar-refractivity contribution in [3.05, 3.63) is 18.0 Å². The van der Waals surface area contributed by atoms with Gasteiger partial charge in [0, 0.05) is 18.3 Å². The van der Waals surface area contributed by atoms with Crippen LogP contribution in [0.1, 0.15) is 44.6 Å². The molecule has 6 nitrogen and oxygen atoms in total. The molecular formula is C18H26N2O4. The summed E-state index contributed by atoms with van der Waals surface area (Å²) in [6.07, 6.45) is 2.83. The molecule has 24 heavy (non-hydrogen) atoms. The zero-order valence-corrected chi connectivity index (χ0v) is 14.9. The summed E-state index contributed by atoms with van der Waals surface area (Å²) >= 11 is 0. The number of carbonyl (C=O) groups is 1. The smallest absolute Gasteiger partial charge is 0.274 e. The molecule has 1 aliphatic carbocycles. The molecule has 0 radical (unpaired) electrons. The molecule has 6 heteroatoms. The fourth-order valence-corrected chi connectivity index (χ4v) is 3.87. The van der Waals surface area contributed by atoms with E-state index < -0.39 is 0 Å². The Balaban J connectivity index is 1.80. The maximum absolute atomic E-state index is 12.6. The number of carbonyl (C=O) groups excluding carboxylic acids is 1. The third-order valence-corrected chi connectivity index (χ3v) is 5.66. The SMILES string of the molecule is COc1ccnc(C(=O)NC2CC(C)(C)C3OC3[C@H](C)C2C)c1O. The van der Waals surface area contributed by atoms with E-state index in [0.717, 1.165) is 6.42 Å². The third-order valence-electron chi connectivity index (χ3n) is 5.66. The van der Waals surface area contributed by atoms with Crippen LogP contribution in [-0.4, -0.2) is 41.4 Å². The minimum Gasteiger partial charge on any atom is -0.503 e. The van der Waals surface area contributed by atoms with Crippen molar-refractivity contribution in [1.82, 2.24) is 10.3 Å². The highest BCUT2D eigenvalue weighted by atomic mass is 16.6. The zero-order valence-electron chi connectivity index (χ0n) is 14.9. The van der Waals surface area contributed by atoms with Gasteiger partial charge < -0.3 is 19.9 Å². The van der Waals surface area contributed by atoms with Crippen molar-refractivity contribution < 1.29 is 19.4 Å². The number of methoxy groups -OCH3 is 1. The van der Waals surface area contributed by atoms with Crippen molar-refractivity contribution in [3.63, 3.8) is 0 Å². The maximum atomic E-state index is 12.6. The maximum Gasteiger partial charge on any atom is 0.274 e. The fourth-order valence-electron chi connectivity index (χ4n) is 3.87. The normalized spacial score (nSPS) is 34.0. The summed E-state index contributed by atoms with van der Waals surface area (Å²) < 4.78 is 10.9. The number of pyridine rings is 1. The molecule has 1 saturated heterocycles. The molecule has 1 saturated carbocycles. The quantitative estimate of drug-likeness (QED) is 0.829. The Morgan fingerprint density at radius 2 is 2.12 bits per heavy atom. The minimum atomic E-state index is -0.372. The number of ether oxygens (including phenoxy) is 2. The number of amides is 1. The summed E-state index contributed by atoms with van der Waals surface area (Å²) in [5.74, 6) is 0.292. The predicted octanol–water partition coefficient (Wildman–Crippen LogP) is 2.36. The number of nitrogens with zero attached hydrogens (tertiary/aromatic N) is 1. The average molecular weight is 334 g/mol. The van der Waals surface area contributed by atoms with Crippen molar-refractivity contribution in [2.45, 2.75) is 52.4 Å². The Hall–Kier alpha value is -1.82. The van der Waals surface area contributed by atoms with Gasteiger partial charge in [-0.25, -0.2) is 4.98 Å². The molecule has 1 aliphatic heterocycles. The number of rotatable bonds is 3. The standard InChI is InChI=1S/C18H26N2O4/c1-9-10(2)15-16(24-15)18(3,4)8-11(9)20-17(22)13-14(21)12(23-5)6-7-19-13/h6-7,9-11,15-16,21H,8H2,1-5H3,(H,20,22)/t9?,10-,11?,15?,16?/m1/s1. The van der Waals surface area contributed by atoms with Gasteiger partial charge in [0.1, 0.15) is 0 Å². The van der Waals surface area contributed by atoms with E-state index in [1.807, 2.05) is 0 Å². The molecule has 2 N–H and O–H groups in total. The van der Waals surface area contributed by atoms with E-state index in [2.05, 4.69) is 38.0 Å². The van der Waals surface area contributed by atoms with Gasteiger partial charge in [0.15, 0.2) is 17.2 Å². The highest BCUT2D eigenvalue weighted by Gasteiger charge is 2.57. The van der Waals surface area contributed by atoms with Gasteiger partial charge in [-0.1, -0.05) is 27.7 Å². The van der Waals surface area contributed by atoms with Crippen LogP contribution in [0.25, 0.3) is 0 Å². The van der Waals surface area contributed by atoms with E-state index in [4.69, 9.17) is 9.47 Å². The van der Waals surface area contributed by atoms with E-state index in [1.54, 1.807) is 0 Å². The fraction of sp³-hybridized carbons (Fsp3) is 0.667. The molecule has 132 valence electrons. The molecule has 3 rings (SSSR count). The summed E-state index contributed by atoms with van der Waals surface area (Å²) in [6.45, 7) is 8.69. The lowest BCUT2D eigenvalue weighted by Gasteiger charge is -2.32. The summed E-state index contributed by atoms with van der Waals surface area (Å²) in [7, 11) is 1.45. The van der Waals surface area contributed by atoms with E-state index in [1.165, 1.54) is 19.4 Å². The van der Waals surface area contributed by atoms with Gasteiger partial charge in [-0.05, 0) is 23.7 Å². The Morgan fingerprint density at radius 1 is 1.42 bits per heavy atom. The van der Waals surface area contributed by atoms with Crippen LogP contribution in [0.2, 0.25) is 0 Å². The molecule has 1 aromatic heterocycles. The Kier molecular flexibility index (Phi) is 4.20. The van der Waals surface area contributed by atoms with E-state index in [0.29, 0.717) is 5.92 Å². The second-order valence-corrected chi connectivity index (χ2v) is 7.72. The van der Waals surface area contributed by atoms with Crippen LogP contribution in [0.4, 0.5) is 0 Å². The summed E-state index contributed by atoms with van der Waals surface area (Å²) in [5.41, 5.74) is 0.00328. The van der Waals surface area contributed by atoms with Gasteiger partial charge in [-0.15, -0.1) is 0 Å². The Labute approximate surface area is 142 Å². The molecule has 2 fully saturated rings. The van der Waals surface area contributed by atoms with Crippen molar-refractivity contribution in [3.8, 4) is 11.5 Å². The van der Waals surface area contributed by atoms with Crippen LogP contribution in [0.5, 0.6) is 11.5 Å². The number of hydrogen-bond donors (Lipinski definition) is 2. The van der Waals surface area contributed by atoms with Crippen molar-refractivity contribution >= 4 is 5.91 Å². The molecule has 5 atom stereocenters. The lowest BCUT2D eigenvalue weighted by molar-refractivity contribution is 0.0858. The van der Waals surface area contributed by atoms with E-state index in [-0.39, 0.29) is 52.7 Å². The third kappa shape index (κ3) is 2.83. The summed E-state index contributed by atoms with van der Waals surface area (Å²) in [4.78, 5) is 16.7. The first kappa shape index (κ1) is 17.0. The van der Waals surface area contributed by atoms with Gasteiger partial charge in [0.05, 0.1) is 19.3 Å². The number of aromatic nitrogens is 1. The highest BCUT2D eigenvalue weighted by molar-refractivity contribution is 5.95. The molecule has 2 heterocycles. The van der Waals surface area contributed by atoms with Gasteiger partial charge in [0.25, 0.3) is 5.91 Å². The molecule has 2 aliphatic rings. The number of aromatic hydroxyl groups is 1. The summed E-state index contributed by atoms with van der Waals surface area (Å²) in [6, 6.07) is 1.53. The number of nitrogens with one attached hydrogen (secondary N) is 1. The molecule has 1 aromatic rings. The molecular weight excluding hydrogens is 308 g/mol. The van der Waals surface area contributed by atoms with E-state index in [9.17, 15) is 9.90 Å². The Bertz CT molecular complexity index is 646. The average Bonchev–Trinajstić information content (AvgIpc) is 3.34. The van der Waals surface area contributed by atoms with Crippen molar-refractivity contribution in [1.29, 1.82) is 0 Å². The molecule has 0 spiro atoms. The number of epoxide rings is 1. The van der Waals surface area contributed by atoms with Crippen LogP contribution in [0, 0.1) is 17.3 Å². The topological polar surface area (TPSA) is 84.0 Å². The second kappa shape index (κ2) is 5.92. The first-order valence-electron chi connectivity index (χ1n) is 8.44. The van der Waals surface area contributed by atoms with Gasteiger partial charge >= 0.3 is 0 Å². The predicted molar refractivity (Wildman–Crippen MR) is 89.1 cm³/mol. The Morgan fingerprint density at radius 3 is 2.79 bits per heavy atom. The first-order chi connectivity index (χ1) is 11.3.